The monoisotopic (exact) mass is 386 g/mol. The molecule has 1 fully saturated rings. The zero-order valence-corrected chi connectivity index (χ0v) is 17.3. The third-order valence-corrected chi connectivity index (χ3v) is 5.08. The summed E-state index contributed by atoms with van der Waals surface area (Å²) in [5, 5.41) is 15.1. The first-order valence-electron chi connectivity index (χ1n) is 9.65. The predicted octanol–water partition coefficient (Wildman–Crippen LogP) is 2.40. The van der Waals surface area contributed by atoms with E-state index < -0.39 is 5.54 Å². The Morgan fingerprint density at radius 2 is 1.82 bits per heavy atom. The SMILES string of the molecule is CC1CN(C(=O)c2ccc(NCC(=O)NC(C)(C#N)C(C)C)cc2)CC(C)O1. The number of morpholine rings is 1. The highest BCUT2D eigenvalue weighted by Gasteiger charge is 2.30. The summed E-state index contributed by atoms with van der Waals surface area (Å²) >= 11 is 0. The van der Waals surface area contributed by atoms with Crippen molar-refractivity contribution in [2.24, 2.45) is 5.92 Å². The Balaban J connectivity index is 1.91. The molecule has 7 heteroatoms. The molecular weight excluding hydrogens is 356 g/mol. The summed E-state index contributed by atoms with van der Waals surface area (Å²) in [5.41, 5.74) is 0.438. The first-order valence-corrected chi connectivity index (χ1v) is 9.65. The van der Waals surface area contributed by atoms with Crippen LogP contribution in [0.25, 0.3) is 0 Å². The van der Waals surface area contributed by atoms with Crippen LogP contribution in [0.2, 0.25) is 0 Å². The van der Waals surface area contributed by atoms with Gasteiger partial charge in [0.2, 0.25) is 5.91 Å². The van der Waals surface area contributed by atoms with Gasteiger partial charge in [0.15, 0.2) is 0 Å². The van der Waals surface area contributed by atoms with E-state index in [1.807, 2.05) is 32.6 Å². The normalized spacial score (nSPS) is 21.5. The molecule has 1 saturated heterocycles. The number of nitrogens with zero attached hydrogens (tertiary/aromatic N) is 2. The van der Waals surface area contributed by atoms with Gasteiger partial charge in [0.05, 0.1) is 24.8 Å². The minimum Gasteiger partial charge on any atom is -0.376 e. The maximum absolute atomic E-state index is 12.7. The third-order valence-electron chi connectivity index (χ3n) is 5.08. The van der Waals surface area contributed by atoms with Crippen molar-refractivity contribution in [3.63, 3.8) is 0 Å². The van der Waals surface area contributed by atoms with Crippen LogP contribution >= 0.6 is 0 Å². The Morgan fingerprint density at radius 3 is 2.32 bits per heavy atom. The molecular formula is C21H30N4O3. The molecule has 3 atom stereocenters. The number of nitrogens with one attached hydrogen (secondary N) is 2. The van der Waals surface area contributed by atoms with Gasteiger partial charge in [0.25, 0.3) is 5.91 Å². The zero-order valence-electron chi connectivity index (χ0n) is 17.3. The van der Waals surface area contributed by atoms with Crippen LogP contribution in [0.3, 0.4) is 0 Å². The molecule has 2 amide bonds. The van der Waals surface area contributed by atoms with Gasteiger partial charge in [0.1, 0.15) is 5.54 Å². The first-order chi connectivity index (χ1) is 13.1. The van der Waals surface area contributed by atoms with Crippen LogP contribution in [0, 0.1) is 17.2 Å². The highest BCUT2D eigenvalue weighted by atomic mass is 16.5. The summed E-state index contributed by atoms with van der Waals surface area (Å²) in [7, 11) is 0. The fourth-order valence-corrected chi connectivity index (χ4v) is 3.07. The topological polar surface area (TPSA) is 94.5 Å². The van der Waals surface area contributed by atoms with E-state index in [9.17, 15) is 14.9 Å². The van der Waals surface area contributed by atoms with Crippen LogP contribution in [0.5, 0.6) is 0 Å². The molecule has 2 rings (SSSR count). The lowest BCUT2D eigenvalue weighted by atomic mass is 9.90. The van der Waals surface area contributed by atoms with Crippen molar-refractivity contribution in [3.8, 4) is 6.07 Å². The van der Waals surface area contributed by atoms with E-state index in [0.29, 0.717) is 18.7 Å². The molecule has 0 radical (unpaired) electrons. The molecule has 0 aromatic heterocycles. The summed E-state index contributed by atoms with van der Waals surface area (Å²) in [4.78, 5) is 26.6. The number of rotatable bonds is 6. The van der Waals surface area contributed by atoms with Crippen LogP contribution < -0.4 is 10.6 Å². The Kier molecular flexibility index (Phi) is 7.03. The van der Waals surface area contributed by atoms with E-state index in [1.165, 1.54) is 0 Å². The molecule has 3 unspecified atom stereocenters. The molecule has 152 valence electrons. The quantitative estimate of drug-likeness (QED) is 0.783. The third kappa shape index (κ3) is 5.46. The van der Waals surface area contributed by atoms with Crippen molar-refractivity contribution < 1.29 is 14.3 Å². The van der Waals surface area contributed by atoms with Crippen molar-refractivity contribution in [1.29, 1.82) is 5.26 Å². The standard InChI is InChI=1S/C21H30N4O3/c1-14(2)21(5,13-22)24-19(26)10-23-18-8-6-17(7-9-18)20(27)25-11-15(3)28-16(4)12-25/h6-9,14-16,23H,10-12H2,1-5H3,(H,24,26). The number of carbonyl (C=O) groups is 2. The lowest BCUT2D eigenvalue weighted by Crippen LogP contribution is -2.50. The number of ether oxygens (including phenoxy) is 1. The van der Waals surface area contributed by atoms with Crippen LogP contribution in [0.4, 0.5) is 5.69 Å². The van der Waals surface area contributed by atoms with Gasteiger partial charge in [-0.25, -0.2) is 0 Å². The summed E-state index contributed by atoms with van der Waals surface area (Å²) in [6.45, 7) is 10.6. The molecule has 1 heterocycles. The second-order valence-electron chi connectivity index (χ2n) is 7.92. The fraction of sp³-hybridized carbons (Fsp3) is 0.571. The Morgan fingerprint density at radius 1 is 1.25 bits per heavy atom. The molecule has 0 spiro atoms. The van der Waals surface area contributed by atoms with E-state index in [4.69, 9.17) is 4.74 Å². The van der Waals surface area contributed by atoms with Gasteiger partial charge in [-0.1, -0.05) is 13.8 Å². The molecule has 1 aliphatic rings. The molecule has 7 nitrogen and oxygen atoms in total. The number of amides is 2. The van der Waals surface area contributed by atoms with Crippen molar-refractivity contribution in [3.05, 3.63) is 29.8 Å². The average molecular weight is 386 g/mol. The van der Waals surface area contributed by atoms with Crippen LogP contribution in [-0.4, -0.2) is 54.1 Å². The van der Waals surface area contributed by atoms with Gasteiger partial charge >= 0.3 is 0 Å². The van der Waals surface area contributed by atoms with Crippen molar-refractivity contribution in [1.82, 2.24) is 10.2 Å². The number of carbonyl (C=O) groups excluding carboxylic acids is 2. The van der Waals surface area contributed by atoms with Crippen molar-refractivity contribution in [2.45, 2.75) is 52.4 Å². The van der Waals surface area contributed by atoms with Crippen molar-refractivity contribution >= 4 is 17.5 Å². The zero-order chi connectivity index (χ0) is 20.9. The second-order valence-corrected chi connectivity index (χ2v) is 7.92. The summed E-state index contributed by atoms with van der Waals surface area (Å²) in [5.74, 6) is -0.278. The molecule has 28 heavy (non-hydrogen) atoms. The number of benzene rings is 1. The van der Waals surface area contributed by atoms with E-state index >= 15 is 0 Å². The molecule has 1 aliphatic heterocycles. The van der Waals surface area contributed by atoms with Crippen LogP contribution in [-0.2, 0) is 9.53 Å². The first kappa shape index (κ1) is 21.7. The smallest absolute Gasteiger partial charge is 0.254 e. The predicted molar refractivity (Wildman–Crippen MR) is 108 cm³/mol. The van der Waals surface area contributed by atoms with Crippen LogP contribution in [0.1, 0.15) is 45.0 Å². The maximum Gasteiger partial charge on any atom is 0.254 e. The maximum atomic E-state index is 12.7. The minimum atomic E-state index is -0.901. The van der Waals surface area contributed by atoms with Gasteiger partial charge in [-0.05, 0) is 51.0 Å². The van der Waals surface area contributed by atoms with Crippen LogP contribution in [0.15, 0.2) is 24.3 Å². The van der Waals surface area contributed by atoms with Gasteiger partial charge in [-0.15, -0.1) is 0 Å². The molecule has 1 aromatic rings. The number of nitriles is 1. The fourth-order valence-electron chi connectivity index (χ4n) is 3.07. The number of hydrogen-bond acceptors (Lipinski definition) is 5. The lowest BCUT2D eigenvalue weighted by molar-refractivity contribution is -0.121. The Hall–Kier alpha value is -2.59. The highest BCUT2D eigenvalue weighted by molar-refractivity contribution is 5.94. The van der Waals surface area contributed by atoms with E-state index in [2.05, 4.69) is 16.7 Å². The largest absolute Gasteiger partial charge is 0.376 e. The second kappa shape index (κ2) is 9.07. The molecule has 2 N–H and O–H groups in total. The van der Waals surface area contributed by atoms with E-state index in [-0.39, 0.29) is 36.5 Å². The summed E-state index contributed by atoms with van der Waals surface area (Å²) in [6, 6.07) is 9.21. The molecule has 0 aliphatic carbocycles. The molecule has 0 bridgehead atoms. The number of anilines is 1. The number of hydrogen-bond donors (Lipinski definition) is 2. The summed E-state index contributed by atoms with van der Waals surface area (Å²) in [6.07, 6.45) is 0.0502. The minimum absolute atomic E-state index is 0.00244. The summed E-state index contributed by atoms with van der Waals surface area (Å²) < 4.78 is 5.67. The Bertz CT molecular complexity index is 731. The van der Waals surface area contributed by atoms with E-state index in [0.717, 1.165) is 5.69 Å². The van der Waals surface area contributed by atoms with Crippen molar-refractivity contribution in [2.75, 3.05) is 25.0 Å². The Labute approximate surface area is 167 Å². The van der Waals surface area contributed by atoms with E-state index in [1.54, 1.807) is 31.2 Å². The highest BCUT2D eigenvalue weighted by Crippen LogP contribution is 2.17. The molecule has 1 aromatic carbocycles. The molecule has 0 saturated carbocycles. The van der Waals surface area contributed by atoms with Gasteiger partial charge in [-0.2, -0.15) is 5.26 Å². The van der Waals surface area contributed by atoms with Gasteiger partial charge < -0.3 is 20.3 Å². The average Bonchev–Trinajstić information content (AvgIpc) is 2.65. The lowest BCUT2D eigenvalue weighted by Gasteiger charge is -2.35. The van der Waals surface area contributed by atoms with Gasteiger partial charge in [-0.3, -0.25) is 9.59 Å². The van der Waals surface area contributed by atoms with Gasteiger partial charge in [0, 0.05) is 24.3 Å².